The van der Waals surface area contributed by atoms with E-state index >= 15 is 0 Å². The monoisotopic (exact) mass is 363 g/mol. The molecule has 0 N–H and O–H groups in total. The second-order valence-corrected chi connectivity index (χ2v) is 7.73. The Morgan fingerprint density at radius 2 is 2.04 bits per heavy atom. The highest BCUT2D eigenvalue weighted by molar-refractivity contribution is 7.98. The summed E-state index contributed by atoms with van der Waals surface area (Å²) >= 11 is 3.11. The molecule has 24 heavy (non-hydrogen) atoms. The average molecular weight is 363 g/mol. The Hall–Kier alpha value is -1.73. The van der Waals surface area contributed by atoms with Gasteiger partial charge in [-0.1, -0.05) is 30.0 Å². The molecule has 0 saturated heterocycles. The van der Waals surface area contributed by atoms with Gasteiger partial charge in [-0.05, 0) is 30.4 Å². The number of rotatable bonds is 6. The van der Waals surface area contributed by atoms with Crippen molar-refractivity contribution >= 4 is 23.1 Å². The fourth-order valence-corrected chi connectivity index (χ4v) is 4.30. The molecule has 0 aliphatic heterocycles. The Morgan fingerprint density at radius 1 is 1.17 bits per heavy atom. The molecule has 1 aliphatic rings. The van der Waals surface area contributed by atoms with Crippen LogP contribution in [-0.2, 0) is 12.2 Å². The summed E-state index contributed by atoms with van der Waals surface area (Å²) in [5.41, 5.74) is 0.352. The Kier molecular flexibility index (Phi) is 4.37. The van der Waals surface area contributed by atoms with E-state index in [2.05, 4.69) is 26.2 Å². The van der Waals surface area contributed by atoms with Crippen LogP contribution < -0.4 is 0 Å². The fraction of sp³-hybridized carbons (Fsp3) is 0.294. The molecule has 1 aromatic carbocycles. The lowest BCUT2D eigenvalue weighted by atomic mass is 10.2. The first-order valence-electron chi connectivity index (χ1n) is 7.74. The third-order valence-corrected chi connectivity index (χ3v) is 5.82. The van der Waals surface area contributed by atoms with Crippen molar-refractivity contribution in [2.75, 3.05) is 0 Å². The number of thiophene rings is 1. The molecule has 1 saturated carbocycles. The van der Waals surface area contributed by atoms with Gasteiger partial charge < -0.3 is 4.57 Å². The molecule has 0 radical (unpaired) electrons. The van der Waals surface area contributed by atoms with Gasteiger partial charge in [0.15, 0.2) is 16.8 Å². The number of hydrogen-bond donors (Lipinski definition) is 0. The zero-order valence-electron chi connectivity index (χ0n) is 12.8. The van der Waals surface area contributed by atoms with Crippen molar-refractivity contribution < 1.29 is 8.78 Å². The standard InChI is InChI=1S/C17H15F2N3S2/c18-14-5-1-3-11(16(14)19)10-24-17-21-20-15(22(17)12-6-7-12)9-13-4-2-8-23-13/h1-5,8,12H,6-7,9-10H2. The normalized spacial score (nSPS) is 14.2. The quantitative estimate of drug-likeness (QED) is 0.588. The summed E-state index contributed by atoms with van der Waals surface area (Å²) in [6.07, 6.45) is 3.00. The van der Waals surface area contributed by atoms with E-state index in [0.717, 1.165) is 36.3 Å². The Balaban J connectivity index is 1.55. The highest BCUT2D eigenvalue weighted by Gasteiger charge is 2.29. The summed E-state index contributed by atoms with van der Waals surface area (Å²) < 4.78 is 29.3. The van der Waals surface area contributed by atoms with E-state index in [4.69, 9.17) is 0 Å². The Morgan fingerprint density at radius 3 is 2.79 bits per heavy atom. The van der Waals surface area contributed by atoms with Gasteiger partial charge in [-0.25, -0.2) is 8.78 Å². The van der Waals surface area contributed by atoms with Crippen molar-refractivity contribution in [3.8, 4) is 0 Å². The Bertz CT molecular complexity index is 842. The lowest BCUT2D eigenvalue weighted by Gasteiger charge is -2.08. The summed E-state index contributed by atoms with van der Waals surface area (Å²) in [5, 5.41) is 11.5. The maximum atomic E-state index is 13.8. The first-order valence-corrected chi connectivity index (χ1v) is 9.60. The van der Waals surface area contributed by atoms with Gasteiger partial charge in [0, 0.05) is 28.7 Å². The van der Waals surface area contributed by atoms with Gasteiger partial charge in [0.25, 0.3) is 0 Å². The zero-order valence-corrected chi connectivity index (χ0v) is 14.4. The van der Waals surface area contributed by atoms with Crippen molar-refractivity contribution in [2.45, 2.75) is 36.2 Å². The van der Waals surface area contributed by atoms with E-state index in [0.29, 0.717) is 17.4 Å². The highest BCUT2D eigenvalue weighted by Crippen LogP contribution is 2.40. The maximum Gasteiger partial charge on any atom is 0.191 e. The molecule has 3 nitrogen and oxygen atoms in total. The molecular formula is C17H15F2N3S2. The van der Waals surface area contributed by atoms with E-state index < -0.39 is 11.6 Å². The molecule has 0 bridgehead atoms. The molecule has 3 aromatic rings. The summed E-state index contributed by atoms with van der Waals surface area (Å²) in [6.45, 7) is 0. The van der Waals surface area contributed by atoms with E-state index in [1.165, 1.54) is 22.7 Å². The molecular weight excluding hydrogens is 348 g/mol. The largest absolute Gasteiger partial charge is 0.303 e. The van der Waals surface area contributed by atoms with E-state index in [1.807, 2.05) is 6.07 Å². The summed E-state index contributed by atoms with van der Waals surface area (Å²) in [5.74, 6) is -0.299. The van der Waals surface area contributed by atoms with Gasteiger partial charge in [-0.2, -0.15) is 0 Å². The molecule has 0 unspecified atom stereocenters. The molecule has 0 atom stereocenters. The summed E-state index contributed by atoms with van der Waals surface area (Å²) in [4.78, 5) is 1.25. The van der Waals surface area contributed by atoms with Crippen LogP contribution in [0.2, 0.25) is 0 Å². The van der Waals surface area contributed by atoms with Crippen LogP contribution in [-0.4, -0.2) is 14.8 Å². The second kappa shape index (κ2) is 6.64. The molecule has 2 heterocycles. The smallest absolute Gasteiger partial charge is 0.191 e. The highest BCUT2D eigenvalue weighted by atomic mass is 32.2. The van der Waals surface area contributed by atoms with Crippen LogP contribution in [0, 0.1) is 11.6 Å². The van der Waals surface area contributed by atoms with Gasteiger partial charge in [-0.15, -0.1) is 21.5 Å². The first-order chi connectivity index (χ1) is 11.7. The van der Waals surface area contributed by atoms with E-state index in [1.54, 1.807) is 17.4 Å². The first kappa shape index (κ1) is 15.8. The molecule has 124 valence electrons. The lowest BCUT2D eigenvalue weighted by Crippen LogP contribution is -2.03. The zero-order chi connectivity index (χ0) is 16.5. The molecule has 7 heteroatoms. The average Bonchev–Trinajstić information content (AvgIpc) is 3.13. The number of thioether (sulfide) groups is 1. The van der Waals surface area contributed by atoms with Crippen LogP contribution in [0.5, 0.6) is 0 Å². The molecule has 4 rings (SSSR count). The van der Waals surface area contributed by atoms with E-state index in [9.17, 15) is 8.78 Å². The molecule has 1 aliphatic carbocycles. The van der Waals surface area contributed by atoms with Crippen LogP contribution in [0.3, 0.4) is 0 Å². The minimum absolute atomic E-state index is 0.341. The molecule has 2 aromatic heterocycles. The predicted molar refractivity (Wildman–Crippen MR) is 91.3 cm³/mol. The number of halogens is 2. The van der Waals surface area contributed by atoms with E-state index in [-0.39, 0.29) is 0 Å². The number of nitrogens with zero attached hydrogens (tertiary/aromatic N) is 3. The van der Waals surface area contributed by atoms with Crippen molar-refractivity contribution in [1.29, 1.82) is 0 Å². The molecule has 0 amide bonds. The SMILES string of the molecule is Fc1cccc(CSc2nnc(Cc3cccs3)n2C2CC2)c1F. The number of benzene rings is 1. The van der Waals surface area contributed by atoms with Crippen molar-refractivity contribution in [3.05, 3.63) is 63.6 Å². The van der Waals surface area contributed by atoms with Crippen LogP contribution in [0.25, 0.3) is 0 Å². The van der Waals surface area contributed by atoms with Crippen molar-refractivity contribution in [3.63, 3.8) is 0 Å². The minimum Gasteiger partial charge on any atom is -0.303 e. The summed E-state index contributed by atoms with van der Waals surface area (Å²) in [7, 11) is 0. The fourth-order valence-electron chi connectivity index (χ4n) is 2.60. The molecule has 1 fully saturated rings. The van der Waals surface area contributed by atoms with Crippen LogP contribution in [0.4, 0.5) is 8.78 Å². The van der Waals surface area contributed by atoms with Crippen molar-refractivity contribution in [2.24, 2.45) is 0 Å². The third kappa shape index (κ3) is 3.23. The number of aromatic nitrogens is 3. The van der Waals surface area contributed by atoms with Gasteiger partial charge in [0.05, 0.1) is 0 Å². The number of hydrogen-bond acceptors (Lipinski definition) is 4. The second-order valence-electron chi connectivity index (χ2n) is 5.76. The summed E-state index contributed by atoms with van der Waals surface area (Å²) in [6, 6.07) is 8.83. The van der Waals surface area contributed by atoms with Crippen LogP contribution in [0.15, 0.2) is 40.9 Å². The molecule has 0 spiro atoms. The predicted octanol–water partition coefficient (Wildman–Crippen LogP) is 4.84. The minimum atomic E-state index is -0.810. The third-order valence-electron chi connectivity index (χ3n) is 3.95. The Labute approximate surface area is 146 Å². The van der Waals surface area contributed by atoms with Crippen LogP contribution >= 0.6 is 23.1 Å². The van der Waals surface area contributed by atoms with Gasteiger partial charge >= 0.3 is 0 Å². The van der Waals surface area contributed by atoms with Crippen molar-refractivity contribution in [1.82, 2.24) is 14.8 Å². The van der Waals surface area contributed by atoms with Gasteiger partial charge in [0.2, 0.25) is 0 Å². The lowest BCUT2D eigenvalue weighted by molar-refractivity contribution is 0.502. The van der Waals surface area contributed by atoms with Crippen LogP contribution in [0.1, 0.15) is 35.1 Å². The van der Waals surface area contributed by atoms with Gasteiger partial charge in [-0.3, -0.25) is 0 Å². The topological polar surface area (TPSA) is 30.7 Å². The maximum absolute atomic E-state index is 13.8. The van der Waals surface area contributed by atoms with Gasteiger partial charge in [0.1, 0.15) is 5.82 Å².